The van der Waals surface area contributed by atoms with Crippen molar-refractivity contribution in [1.29, 1.82) is 0 Å². The van der Waals surface area contributed by atoms with Crippen LogP contribution in [0.15, 0.2) is 65.5 Å². The van der Waals surface area contributed by atoms with E-state index in [1.54, 1.807) is 6.07 Å². The largest absolute Gasteiger partial charge is 0.304 e. The molecular formula is C17H15NO. The van der Waals surface area contributed by atoms with E-state index in [9.17, 15) is 4.79 Å². The zero-order valence-electron chi connectivity index (χ0n) is 10.8. The SMILES string of the molecule is Cc1ccc2ccc(=O)n(Cc3ccccc3)c2c1. The quantitative estimate of drug-likeness (QED) is 0.682. The fourth-order valence-corrected chi connectivity index (χ4v) is 2.33. The van der Waals surface area contributed by atoms with Gasteiger partial charge in [-0.3, -0.25) is 4.79 Å². The number of hydrogen-bond donors (Lipinski definition) is 0. The highest BCUT2D eigenvalue weighted by Gasteiger charge is 2.04. The average molecular weight is 249 g/mol. The Morgan fingerprint density at radius 3 is 2.47 bits per heavy atom. The smallest absolute Gasteiger partial charge is 0.251 e. The van der Waals surface area contributed by atoms with Gasteiger partial charge in [0.25, 0.3) is 5.56 Å². The molecule has 0 aliphatic carbocycles. The lowest BCUT2D eigenvalue weighted by atomic mass is 10.1. The highest BCUT2D eigenvalue weighted by molar-refractivity contribution is 5.79. The molecular weight excluding hydrogens is 234 g/mol. The average Bonchev–Trinajstić information content (AvgIpc) is 2.43. The monoisotopic (exact) mass is 249 g/mol. The molecule has 0 unspecified atom stereocenters. The van der Waals surface area contributed by atoms with Crippen molar-refractivity contribution in [3.05, 3.63) is 82.1 Å². The second-order valence-electron chi connectivity index (χ2n) is 4.81. The third-order valence-electron chi connectivity index (χ3n) is 3.33. The van der Waals surface area contributed by atoms with Gasteiger partial charge in [-0.1, -0.05) is 42.5 Å². The Morgan fingerprint density at radius 1 is 0.947 bits per heavy atom. The van der Waals surface area contributed by atoms with Crippen molar-refractivity contribution in [2.45, 2.75) is 13.5 Å². The lowest BCUT2D eigenvalue weighted by Gasteiger charge is -2.10. The van der Waals surface area contributed by atoms with Gasteiger partial charge in [0.2, 0.25) is 0 Å². The van der Waals surface area contributed by atoms with E-state index in [4.69, 9.17) is 0 Å². The first-order valence-corrected chi connectivity index (χ1v) is 6.38. The summed E-state index contributed by atoms with van der Waals surface area (Å²) in [4.78, 5) is 12.1. The Morgan fingerprint density at radius 2 is 1.68 bits per heavy atom. The molecule has 0 N–H and O–H groups in total. The molecule has 0 spiro atoms. The van der Waals surface area contributed by atoms with E-state index >= 15 is 0 Å². The Kier molecular flexibility index (Phi) is 2.92. The Hall–Kier alpha value is -2.35. The minimum Gasteiger partial charge on any atom is -0.304 e. The summed E-state index contributed by atoms with van der Waals surface area (Å²) in [6.45, 7) is 2.66. The van der Waals surface area contributed by atoms with Crippen molar-refractivity contribution in [1.82, 2.24) is 4.57 Å². The number of fused-ring (bicyclic) bond motifs is 1. The molecule has 2 aromatic carbocycles. The van der Waals surface area contributed by atoms with Crippen LogP contribution in [0.3, 0.4) is 0 Å². The molecule has 0 saturated carbocycles. The minimum absolute atomic E-state index is 0.0435. The zero-order valence-corrected chi connectivity index (χ0v) is 10.8. The summed E-state index contributed by atoms with van der Waals surface area (Å²) in [7, 11) is 0. The number of nitrogens with zero attached hydrogens (tertiary/aromatic N) is 1. The van der Waals surface area contributed by atoms with Crippen molar-refractivity contribution in [2.75, 3.05) is 0 Å². The third kappa shape index (κ3) is 2.29. The third-order valence-corrected chi connectivity index (χ3v) is 3.33. The summed E-state index contributed by atoms with van der Waals surface area (Å²) in [5, 5.41) is 1.10. The molecule has 1 heterocycles. The fraction of sp³-hybridized carbons (Fsp3) is 0.118. The van der Waals surface area contributed by atoms with Crippen LogP contribution in [-0.2, 0) is 6.54 Å². The Bertz CT molecular complexity index is 772. The number of pyridine rings is 1. The summed E-state index contributed by atoms with van der Waals surface area (Å²) in [6.07, 6.45) is 0. The van der Waals surface area contributed by atoms with Gasteiger partial charge in [-0.15, -0.1) is 0 Å². The lowest BCUT2D eigenvalue weighted by Crippen LogP contribution is -2.19. The van der Waals surface area contributed by atoms with Crippen LogP contribution in [0.4, 0.5) is 0 Å². The maximum Gasteiger partial charge on any atom is 0.251 e. The van der Waals surface area contributed by atoms with Crippen molar-refractivity contribution < 1.29 is 0 Å². The van der Waals surface area contributed by atoms with Crippen LogP contribution in [0.2, 0.25) is 0 Å². The number of hydrogen-bond acceptors (Lipinski definition) is 1. The fourth-order valence-electron chi connectivity index (χ4n) is 2.33. The van der Waals surface area contributed by atoms with Gasteiger partial charge in [0.15, 0.2) is 0 Å². The maximum atomic E-state index is 12.1. The van der Waals surface area contributed by atoms with Crippen LogP contribution in [0, 0.1) is 6.92 Å². The van der Waals surface area contributed by atoms with Crippen LogP contribution in [0.5, 0.6) is 0 Å². The van der Waals surface area contributed by atoms with Gasteiger partial charge in [0.1, 0.15) is 0 Å². The molecule has 0 aliphatic heterocycles. The van der Waals surface area contributed by atoms with Crippen molar-refractivity contribution in [2.24, 2.45) is 0 Å². The topological polar surface area (TPSA) is 22.0 Å². The maximum absolute atomic E-state index is 12.1. The molecule has 0 fully saturated rings. The standard InChI is InChI=1S/C17H15NO/c1-13-7-8-15-9-10-17(19)18(16(15)11-13)12-14-5-3-2-4-6-14/h2-11H,12H2,1H3. The first-order valence-electron chi connectivity index (χ1n) is 6.38. The second-order valence-corrected chi connectivity index (χ2v) is 4.81. The van der Waals surface area contributed by atoms with Crippen LogP contribution in [0.25, 0.3) is 10.9 Å². The van der Waals surface area contributed by atoms with Gasteiger partial charge in [-0.25, -0.2) is 0 Å². The van der Waals surface area contributed by atoms with Gasteiger partial charge in [-0.05, 0) is 35.6 Å². The Labute approximate surface area is 111 Å². The molecule has 0 bridgehead atoms. The predicted molar refractivity (Wildman–Crippen MR) is 78.5 cm³/mol. The van der Waals surface area contributed by atoms with Crippen LogP contribution in [0.1, 0.15) is 11.1 Å². The summed E-state index contributed by atoms with van der Waals surface area (Å²) in [5.41, 5.74) is 3.34. The van der Waals surface area contributed by atoms with Crippen molar-refractivity contribution in [3.63, 3.8) is 0 Å². The molecule has 3 aromatic rings. The molecule has 2 heteroatoms. The summed E-state index contributed by atoms with van der Waals surface area (Å²) >= 11 is 0. The van der Waals surface area contributed by atoms with E-state index in [2.05, 4.69) is 18.2 Å². The van der Waals surface area contributed by atoms with E-state index < -0.39 is 0 Å². The van der Waals surface area contributed by atoms with Crippen LogP contribution < -0.4 is 5.56 Å². The van der Waals surface area contributed by atoms with E-state index in [1.165, 1.54) is 5.56 Å². The van der Waals surface area contributed by atoms with E-state index in [0.717, 1.165) is 16.5 Å². The van der Waals surface area contributed by atoms with Crippen LogP contribution >= 0.6 is 0 Å². The molecule has 0 radical (unpaired) electrons. The highest BCUT2D eigenvalue weighted by Crippen LogP contribution is 2.15. The number of aryl methyl sites for hydroxylation is 1. The highest BCUT2D eigenvalue weighted by atomic mass is 16.1. The zero-order chi connectivity index (χ0) is 13.2. The number of aromatic nitrogens is 1. The molecule has 2 nitrogen and oxygen atoms in total. The first kappa shape index (κ1) is 11.7. The molecule has 94 valence electrons. The molecule has 1 aromatic heterocycles. The van der Waals surface area contributed by atoms with Crippen LogP contribution in [-0.4, -0.2) is 4.57 Å². The number of benzene rings is 2. The lowest BCUT2D eigenvalue weighted by molar-refractivity contribution is 0.794. The number of rotatable bonds is 2. The molecule has 0 saturated heterocycles. The van der Waals surface area contributed by atoms with Gasteiger partial charge in [0.05, 0.1) is 12.1 Å². The normalized spacial score (nSPS) is 10.8. The van der Waals surface area contributed by atoms with Gasteiger partial charge in [-0.2, -0.15) is 0 Å². The molecule has 0 aliphatic rings. The molecule has 19 heavy (non-hydrogen) atoms. The summed E-state index contributed by atoms with van der Waals surface area (Å²) < 4.78 is 1.83. The first-order chi connectivity index (χ1) is 9.24. The molecule has 0 atom stereocenters. The summed E-state index contributed by atoms with van der Waals surface area (Å²) in [6, 6.07) is 19.8. The minimum atomic E-state index is 0.0435. The molecule has 3 rings (SSSR count). The van der Waals surface area contributed by atoms with E-state index in [1.807, 2.05) is 47.9 Å². The summed E-state index contributed by atoms with van der Waals surface area (Å²) in [5.74, 6) is 0. The van der Waals surface area contributed by atoms with Gasteiger partial charge in [0, 0.05) is 6.07 Å². The van der Waals surface area contributed by atoms with Gasteiger partial charge < -0.3 is 4.57 Å². The molecule has 0 amide bonds. The van der Waals surface area contributed by atoms with Gasteiger partial charge >= 0.3 is 0 Å². The predicted octanol–water partition coefficient (Wildman–Crippen LogP) is 3.36. The van der Waals surface area contributed by atoms with E-state index in [-0.39, 0.29) is 5.56 Å². The van der Waals surface area contributed by atoms with E-state index in [0.29, 0.717) is 6.54 Å². The Balaban J connectivity index is 2.19. The van der Waals surface area contributed by atoms with Crippen molar-refractivity contribution >= 4 is 10.9 Å². The van der Waals surface area contributed by atoms with Crippen molar-refractivity contribution in [3.8, 4) is 0 Å². The second kappa shape index (κ2) is 4.73.